The number of rotatable bonds is 47. The second kappa shape index (κ2) is 44.8. The largest absolute Gasteiger partial charge is 0.394 e. The molecule has 0 bridgehead atoms. The Kier molecular flexibility index (Phi) is 42.5. The highest BCUT2D eigenvalue weighted by Crippen LogP contribution is 2.23. The fourth-order valence-electron chi connectivity index (χ4n) is 8.94. The average molecular weight is 940 g/mol. The van der Waals surface area contributed by atoms with Crippen LogP contribution in [0.4, 0.5) is 0 Å². The highest BCUT2D eigenvalue weighted by molar-refractivity contribution is 5.80. The number of amides is 1. The van der Waals surface area contributed by atoms with Gasteiger partial charge in [0, 0.05) is 0 Å². The van der Waals surface area contributed by atoms with E-state index in [-0.39, 0.29) is 6.42 Å². The zero-order valence-corrected chi connectivity index (χ0v) is 42.4. The zero-order chi connectivity index (χ0) is 48.3. The van der Waals surface area contributed by atoms with Gasteiger partial charge in [0.1, 0.15) is 36.6 Å². The summed E-state index contributed by atoms with van der Waals surface area (Å²) in [6.45, 7) is 3.47. The van der Waals surface area contributed by atoms with Crippen molar-refractivity contribution in [2.24, 2.45) is 0 Å². The van der Waals surface area contributed by atoms with Gasteiger partial charge in [0.05, 0.1) is 25.4 Å². The molecular formula is C55H105NO10. The fraction of sp³-hybridized carbons (Fsp3) is 0.909. The van der Waals surface area contributed by atoms with Gasteiger partial charge in [-0.25, -0.2) is 0 Å². The van der Waals surface area contributed by atoms with E-state index in [1.165, 1.54) is 148 Å². The summed E-state index contributed by atoms with van der Waals surface area (Å²) in [6.07, 6.45) is 40.7. The van der Waals surface area contributed by atoms with Gasteiger partial charge in [-0.15, -0.1) is 0 Å². The van der Waals surface area contributed by atoms with Crippen molar-refractivity contribution >= 4 is 5.91 Å². The van der Waals surface area contributed by atoms with Crippen LogP contribution in [-0.4, -0.2) is 110 Å². The van der Waals surface area contributed by atoms with Crippen molar-refractivity contribution in [3.05, 3.63) is 24.3 Å². The lowest BCUT2D eigenvalue weighted by atomic mass is 9.98. The molecule has 0 aromatic rings. The molecule has 8 N–H and O–H groups in total. The Morgan fingerprint density at radius 3 is 1.35 bits per heavy atom. The standard InChI is InChI=1S/C55H105NO10/c1-3-5-7-9-11-13-15-17-19-21-22-23-24-25-27-29-31-33-35-37-39-41-43-48(59)54(64)56-46(45-65-55-53(63)52(62)51(61)49(44-57)66-55)50(60)47(58)42-40-38-36-34-32-30-28-26-20-18-16-14-12-10-8-6-4-2/h22-23,25,27,46-53,55,57-63H,3-21,24,26,28-45H2,1-2H3,(H,56,64)/b23-22-,27-25-. The molecule has 1 saturated heterocycles. The van der Waals surface area contributed by atoms with Crippen molar-refractivity contribution in [3.8, 4) is 0 Å². The lowest BCUT2D eigenvalue weighted by Gasteiger charge is -2.40. The number of aliphatic hydroxyl groups is 7. The van der Waals surface area contributed by atoms with Crippen LogP contribution in [0.1, 0.15) is 251 Å². The predicted molar refractivity (Wildman–Crippen MR) is 270 cm³/mol. The Morgan fingerprint density at radius 2 is 0.924 bits per heavy atom. The van der Waals surface area contributed by atoms with Crippen LogP contribution in [0.15, 0.2) is 24.3 Å². The highest BCUT2D eigenvalue weighted by atomic mass is 16.7. The maximum atomic E-state index is 13.2. The molecule has 390 valence electrons. The minimum absolute atomic E-state index is 0.249. The monoisotopic (exact) mass is 940 g/mol. The van der Waals surface area contributed by atoms with Gasteiger partial charge in [0.15, 0.2) is 6.29 Å². The van der Waals surface area contributed by atoms with Crippen LogP contribution in [-0.2, 0) is 14.3 Å². The second-order valence-corrected chi connectivity index (χ2v) is 19.7. The number of carbonyl (C=O) groups excluding carboxylic acids is 1. The molecule has 9 unspecified atom stereocenters. The number of nitrogens with one attached hydrogen (secondary N) is 1. The first-order chi connectivity index (χ1) is 32.2. The van der Waals surface area contributed by atoms with Gasteiger partial charge in [-0.05, 0) is 44.9 Å². The molecule has 0 spiro atoms. The number of hydrogen-bond donors (Lipinski definition) is 8. The lowest BCUT2D eigenvalue weighted by Crippen LogP contribution is -2.60. The van der Waals surface area contributed by atoms with Crippen molar-refractivity contribution in [2.45, 2.75) is 306 Å². The van der Waals surface area contributed by atoms with Gasteiger partial charge in [-0.2, -0.15) is 0 Å². The predicted octanol–water partition coefficient (Wildman–Crippen LogP) is 11.0. The molecule has 1 aliphatic heterocycles. The van der Waals surface area contributed by atoms with Gasteiger partial charge in [-0.1, -0.05) is 231 Å². The molecular weight excluding hydrogens is 835 g/mol. The number of allylic oxidation sites excluding steroid dienone is 4. The van der Waals surface area contributed by atoms with E-state index in [1.54, 1.807) is 0 Å². The summed E-state index contributed by atoms with van der Waals surface area (Å²) in [5.41, 5.74) is 0. The van der Waals surface area contributed by atoms with Crippen LogP contribution in [0.3, 0.4) is 0 Å². The van der Waals surface area contributed by atoms with Crippen LogP contribution in [0.5, 0.6) is 0 Å². The number of hydrogen-bond acceptors (Lipinski definition) is 10. The van der Waals surface area contributed by atoms with Crippen molar-refractivity contribution in [2.75, 3.05) is 13.2 Å². The van der Waals surface area contributed by atoms with E-state index >= 15 is 0 Å². The quantitative estimate of drug-likeness (QED) is 0.0215. The molecule has 11 nitrogen and oxygen atoms in total. The molecule has 1 fully saturated rings. The highest BCUT2D eigenvalue weighted by Gasteiger charge is 2.44. The van der Waals surface area contributed by atoms with E-state index in [0.29, 0.717) is 19.3 Å². The Bertz CT molecular complexity index is 1120. The maximum absolute atomic E-state index is 13.2. The van der Waals surface area contributed by atoms with E-state index in [9.17, 15) is 40.5 Å². The molecule has 9 atom stereocenters. The van der Waals surface area contributed by atoms with Crippen LogP contribution < -0.4 is 5.32 Å². The molecule has 0 aromatic heterocycles. The summed E-state index contributed by atoms with van der Waals surface area (Å²) in [5, 5.41) is 76.0. The van der Waals surface area contributed by atoms with Crippen LogP contribution in [0.25, 0.3) is 0 Å². The van der Waals surface area contributed by atoms with Crippen molar-refractivity contribution in [3.63, 3.8) is 0 Å². The van der Waals surface area contributed by atoms with Gasteiger partial charge in [-0.3, -0.25) is 4.79 Å². The summed E-state index contributed by atoms with van der Waals surface area (Å²) >= 11 is 0. The van der Waals surface area contributed by atoms with Gasteiger partial charge in [0.25, 0.3) is 0 Å². The second-order valence-electron chi connectivity index (χ2n) is 19.7. The smallest absolute Gasteiger partial charge is 0.249 e. The number of carbonyl (C=O) groups is 1. The first-order valence-corrected chi connectivity index (χ1v) is 27.7. The average Bonchev–Trinajstić information content (AvgIpc) is 3.32. The molecule has 0 saturated carbocycles. The van der Waals surface area contributed by atoms with Crippen molar-refractivity contribution in [1.29, 1.82) is 0 Å². The molecule has 1 aliphatic rings. The molecule has 11 heteroatoms. The van der Waals surface area contributed by atoms with Crippen LogP contribution in [0.2, 0.25) is 0 Å². The van der Waals surface area contributed by atoms with Crippen molar-refractivity contribution in [1.82, 2.24) is 5.32 Å². The fourth-order valence-corrected chi connectivity index (χ4v) is 8.94. The molecule has 0 aliphatic carbocycles. The summed E-state index contributed by atoms with van der Waals surface area (Å²) in [7, 11) is 0. The number of unbranched alkanes of at least 4 members (excludes halogenated alkanes) is 31. The maximum Gasteiger partial charge on any atom is 0.249 e. The van der Waals surface area contributed by atoms with Crippen molar-refractivity contribution < 1.29 is 50.0 Å². The third-order valence-electron chi connectivity index (χ3n) is 13.5. The van der Waals surface area contributed by atoms with Gasteiger partial charge < -0.3 is 50.5 Å². The summed E-state index contributed by atoms with van der Waals surface area (Å²) in [4.78, 5) is 13.2. The molecule has 1 rings (SSSR count). The summed E-state index contributed by atoms with van der Waals surface area (Å²) < 4.78 is 11.1. The topological polar surface area (TPSA) is 189 Å². The third-order valence-corrected chi connectivity index (χ3v) is 13.5. The van der Waals surface area contributed by atoms with Crippen LogP contribution >= 0.6 is 0 Å². The SMILES string of the molecule is CCCCCCCCCCC/C=C\C/C=C\CCCCCCCCC(O)C(=O)NC(COC1OC(CO)C(O)C(O)C1O)C(O)C(O)CCCCCCCCCCCCCCCCCCC. The van der Waals surface area contributed by atoms with E-state index in [2.05, 4.69) is 43.5 Å². The van der Waals surface area contributed by atoms with E-state index in [4.69, 9.17) is 9.47 Å². The Morgan fingerprint density at radius 1 is 0.530 bits per heavy atom. The zero-order valence-electron chi connectivity index (χ0n) is 42.4. The lowest BCUT2D eigenvalue weighted by molar-refractivity contribution is -0.303. The van der Waals surface area contributed by atoms with Crippen LogP contribution in [0, 0.1) is 0 Å². The van der Waals surface area contributed by atoms with E-state index in [0.717, 1.165) is 64.2 Å². The Hall–Kier alpha value is -1.41. The Balaban J connectivity index is 2.35. The minimum atomic E-state index is -1.66. The molecule has 66 heavy (non-hydrogen) atoms. The minimum Gasteiger partial charge on any atom is -0.394 e. The first-order valence-electron chi connectivity index (χ1n) is 27.7. The first kappa shape index (κ1) is 62.6. The molecule has 1 amide bonds. The Labute approximate surface area is 404 Å². The van der Waals surface area contributed by atoms with Gasteiger partial charge in [0.2, 0.25) is 5.91 Å². The molecule has 0 radical (unpaired) electrons. The normalized spacial score (nSPS) is 20.9. The van der Waals surface area contributed by atoms with E-state index < -0.39 is 74.2 Å². The summed E-state index contributed by atoms with van der Waals surface area (Å²) in [6, 6.07) is -1.17. The van der Waals surface area contributed by atoms with E-state index in [1.807, 2.05) is 0 Å². The molecule has 0 aromatic carbocycles. The number of aliphatic hydroxyl groups excluding tert-OH is 7. The third kappa shape index (κ3) is 33.2. The van der Waals surface area contributed by atoms with Gasteiger partial charge >= 0.3 is 0 Å². The summed E-state index contributed by atoms with van der Waals surface area (Å²) in [5.74, 6) is -0.702. The number of ether oxygens (including phenoxy) is 2. The molecule has 1 heterocycles.